The van der Waals surface area contributed by atoms with Crippen LogP contribution < -0.4 is 4.89 Å². The number of phosphoric ester groups is 1. The molecule has 0 aliphatic rings. The monoisotopic (exact) mass is 908 g/mol. The van der Waals surface area contributed by atoms with Crippen molar-refractivity contribution >= 4 is 19.8 Å². The lowest BCUT2D eigenvalue weighted by Gasteiger charge is -2.28. The summed E-state index contributed by atoms with van der Waals surface area (Å²) >= 11 is 0. The fourth-order valence-corrected chi connectivity index (χ4v) is 7.36. The largest absolute Gasteiger partial charge is 0.756 e. The molecule has 13 heteroatoms. The average Bonchev–Trinajstić information content (AvgIpc) is 3.49. The predicted octanol–water partition coefficient (Wildman–Crippen LogP) is 10.4. The quantitative estimate of drug-likeness (QED) is 0.0212. The van der Waals surface area contributed by atoms with Crippen LogP contribution in [0.1, 0.15) is 165 Å². The predicted molar refractivity (Wildman–Crippen MR) is 251 cm³/mol. The molecule has 0 radical (unpaired) electrons. The van der Waals surface area contributed by atoms with E-state index in [1.807, 2.05) is 51.5 Å². The second-order valence-electron chi connectivity index (χ2n) is 17.8. The minimum absolute atomic E-state index is 0.0325. The van der Waals surface area contributed by atoms with Crippen LogP contribution in [0.5, 0.6) is 0 Å². The second kappa shape index (κ2) is 35.4. The summed E-state index contributed by atoms with van der Waals surface area (Å²) in [6, 6.07) is 0. The molecule has 0 saturated carbocycles. The maximum absolute atomic E-state index is 12.7. The number of aliphatic hydroxyl groups excluding tert-OH is 2. The zero-order chi connectivity index (χ0) is 46.8. The smallest absolute Gasteiger partial charge is 0.306 e. The lowest BCUT2D eigenvalue weighted by molar-refractivity contribution is -0.870. The van der Waals surface area contributed by atoms with Crippen LogP contribution in [-0.4, -0.2) is 92.5 Å². The summed E-state index contributed by atoms with van der Waals surface area (Å²) in [5.74, 6) is 1.22. The van der Waals surface area contributed by atoms with Gasteiger partial charge in [-0.05, 0) is 69.9 Å². The van der Waals surface area contributed by atoms with Gasteiger partial charge in [-0.1, -0.05) is 133 Å². The summed E-state index contributed by atoms with van der Waals surface area (Å²) in [5, 5.41) is 20.3. The number of hydrogen-bond donors (Lipinski definition) is 2. The van der Waals surface area contributed by atoms with E-state index in [0.717, 1.165) is 82.1 Å². The highest BCUT2D eigenvalue weighted by atomic mass is 31.2. The number of unbranched alkanes of at least 4 members (excludes halogenated alkanes) is 11. The molecule has 0 spiro atoms. The molecule has 0 fully saturated rings. The van der Waals surface area contributed by atoms with E-state index in [-0.39, 0.29) is 26.1 Å². The molecule has 1 aromatic heterocycles. The van der Waals surface area contributed by atoms with Gasteiger partial charge < -0.3 is 42.5 Å². The van der Waals surface area contributed by atoms with Crippen molar-refractivity contribution in [3.63, 3.8) is 0 Å². The number of allylic oxidation sites excluding steroid dienone is 6. The van der Waals surface area contributed by atoms with Crippen molar-refractivity contribution in [2.24, 2.45) is 0 Å². The molecule has 4 atom stereocenters. The van der Waals surface area contributed by atoms with E-state index in [2.05, 4.69) is 27.7 Å². The molecule has 0 aliphatic carbocycles. The summed E-state index contributed by atoms with van der Waals surface area (Å²) in [4.78, 5) is 37.8. The molecular weight excluding hydrogens is 822 g/mol. The van der Waals surface area contributed by atoms with Crippen LogP contribution in [0.15, 0.2) is 53.0 Å². The number of phosphoric acid groups is 1. The number of aryl methyl sites for hydroxylation is 2. The fraction of sp³-hybridized carbons (Fsp3) is 0.720. The van der Waals surface area contributed by atoms with Crippen LogP contribution in [0, 0.1) is 13.8 Å². The van der Waals surface area contributed by atoms with Gasteiger partial charge in [-0.3, -0.25) is 14.2 Å². The van der Waals surface area contributed by atoms with Crippen molar-refractivity contribution in [1.82, 2.24) is 0 Å². The van der Waals surface area contributed by atoms with Crippen molar-refractivity contribution < 1.29 is 56.7 Å². The van der Waals surface area contributed by atoms with Crippen LogP contribution >= 0.6 is 7.82 Å². The number of esters is 2. The molecule has 0 aromatic carbocycles. The highest BCUT2D eigenvalue weighted by Gasteiger charge is 2.22. The normalized spacial score (nSPS) is 14.9. The molecular formula is C50H86NO11P. The van der Waals surface area contributed by atoms with Gasteiger partial charge in [0.2, 0.25) is 0 Å². The Hall–Kier alpha value is -2.83. The summed E-state index contributed by atoms with van der Waals surface area (Å²) < 4.78 is 40.0. The Labute approximate surface area is 381 Å². The summed E-state index contributed by atoms with van der Waals surface area (Å²) in [6.45, 7) is 8.14. The van der Waals surface area contributed by atoms with E-state index < -0.39 is 44.7 Å². The Morgan fingerprint density at radius 2 is 1.19 bits per heavy atom. The molecule has 0 bridgehead atoms. The van der Waals surface area contributed by atoms with Gasteiger partial charge in [-0.2, -0.15) is 0 Å². The number of carbonyl (C=O) groups excluding carboxylic acids is 2. The summed E-state index contributed by atoms with van der Waals surface area (Å²) in [6.07, 6.45) is 31.8. The Kier molecular flexibility index (Phi) is 32.7. The standard InChI is InChI=1S/C50H86NO11P/c1-8-10-23-30-44(52)31-25-19-15-14-16-20-26-32-45(53)33-29-37-50(55)61-46(41-60-63(56,57)59-39-38-51(5,6)7)40-58-49(54)36-28-22-18-13-12-17-21-27-35-48-43(4)42(3)47(62-48)34-24-11-9-2/h15-16,19-20,25-26,31-32,44-46,52-53H,8-14,17-18,21-24,27-30,33-41H2,1-7H3/b19-15-,20-16-,31-25+,32-26+/t44-,45-,46-/m1/s1. The van der Waals surface area contributed by atoms with Crippen LogP contribution in [0.3, 0.4) is 0 Å². The summed E-state index contributed by atoms with van der Waals surface area (Å²) in [7, 11) is 0.993. The molecule has 1 aromatic rings. The molecule has 12 nitrogen and oxygen atoms in total. The molecule has 0 saturated heterocycles. The van der Waals surface area contributed by atoms with Crippen LogP contribution in [0.25, 0.3) is 0 Å². The second-order valence-corrected chi connectivity index (χ2v) is 19.2. The van der Waals surface area contributed by atoms with Gasteiger partial charge in [-0.25, -0.2) is 0 Å². The van der Waals surface area contributed by atoms with Gasteiger partial charge in [-0.15, -0.1) is 0 Å². The van der Waals surface area contributed by atoms with E-state index in [4.69, 9.17) is 22.9 Å². The summed E-state index contributed by atoms with van der Waals surface area (Å²) in [5.41, 5.74) is 2.63. The highest BCUT2D eigenvalue weighted by molar-refractivity contribution is 7.45. The number of carbonyl (C=O) groups is 2. The number of aliphatic hydroxyl groups is 2. The lowest BCUT2D eigenvalue weighted by Crippen LogP contribution is -2.37. The first-order valence-corrected chi connectivity index (χ1v) is 25.4. The van der Waals surface area contributed by atoms with Crippen molar-refractivity contribution in [2.75, 3.05) is 47.5 Å². The minimum Gasteiger partial charge on any atom is -0.756 e. The van der Waals surface area contributed by atoms with Gasteiger partial charge in [0.25, 0.3) is 7.82 Å². The van der Waals surface area contributed by atoms with Gasteiger partial charge in [0.05, 0.1) is 40.0 Å². The van der Waals surface area contributed by atoms with Crippen molar-refractivity contribution in [3.05, 3.63) is 71.3 Å². The van der Waals surface area contributed by atoms with E-state index in [0.29, 0.717) is 36.7 Å². The Morgan fingerprint density at radius 1 is 0.683 bits per heavy atom. The average molecular weight is 908 g/mol. The van der Waals surface area contributed by atoms with E-state index in [9.17, 15) is 29.3 Å². The zero-order valence-corrected chi connectivity index (χ0v) is 41.1. The zero-order valence-electron chi connectivity index (χ0n) is 40.2. The number of hydrogen-bond acceptors (Lipinski definition) is 11. The number of nitrogens with zero attached hydrogens (tertiary/aromatic N) is 1. The molecule has 0 aliphatic heterocycles. The number of ether oxygens (including phenoxy) is 2. The third-order valence-corrected chi connectivity index (χ3v) is 11.7. The van der Waals surface area contributed by atoms with E-state index in [1.54, 1.807) is 18.2 Å². The van der Waals surface area contributed by atoms with Crippen LogP contribution in [0.4, 0.5) is 0 Å². The maximum Gasteiger partial charge on any atom is 0.306 e. The van der Waals surface area contributed by atoms with Crippen molar-refractivity contribution in [2.45, 2.75) is 187 Å². The van der Waals surface area contributed by atoms with E-state index >= 15 is 0 Å². The first-order valence-electron chi connectivity index (χ1n) is 23.9. The third-order valence-electron chi connectivity index (χ3n) is 10.8. The minimum atomic E-state index is -4.71. The van der Waals surface area contributed by atoms with Gasteiger partial charge in [0.15, 0.2) is 6.10 Å². The van der Waals surface area contributed by atoms with Gasteiger partial charge in [0.1, 0.15) is 31.3 Å². The Bertz CT molecular complexity index is 1530. The Morgan fingerprint density at radius 3 is 1.76 bits per heavy atom. The molecule has 1 rings (SSSR count). The SMILES string of the molecule is CCCCCc1oc(CCCCCCCCCCC(=O)OC[C@H](COP(=O)([O-])OCC[N+](C)(C)C)OC(=O)CCC[C@H](O)/C=C/C=C\C/C=C\C=C\[C@H](O)CCCCC)c(C)c1C. The Balaban J connectivity index is 2.44. The molecule has 0 amide bonds. The molecule has 63 heavy (non-hydrogen) atoms. The van der Waals surface area contributed by atoms with Crippen molar-refractivity contribution in [1.29, 1.82) is 0 Å². The molecule has 1 heterocycles. The van der Waals surface area contributed by atoms with Gasteiger partial charge >= 0.3 is 11.9 Å². The fourth-order valence-electron chi connectivity index (χ4n) is 6.63. The first-order chi connectivity index (χ1) is 30.1. The molecule has 2 N–H and O–H groups in total. The number of quaternary nitrogens is 1. The van der Waals surface area contributed by atoms with Crippen LogP contribution in [-0.2, 0) is 45.5 Å². The first kappa shape index (κ1) is 58.2. The number of furan rings is 1. The maximum atomic E-state index is 12.7. The number of rotatable bonds is 39. The lowest BCUT2D eigenvalue weighted by atomic mass is 10.0. The topological polar surface area (TPSA) is 165 Å². The van der Waals surface area contributed by atoms with Crippen LogP contribution in [0.2, 0.25) is 0 Å². The van der Waals surface area contributed by atoms with Crippen molar-refractivity contribution in [3.8, 4) is 0 Å². The van der Waals surface area contributed by atoms with Gasteiger partial charge in [0, 0.05) is 25.7 Å². The molecule has 1 unspecified atom stereocenters. The molecule has 362 valence electrons. The third kappa shape index (κ3) is 32.5. The van der Waals surface area contributed by atoms with E-state index in [1.165, 1.54) is 43.2 Å². The number of likely N-dealkylation sites (N-methyl/N-ethyl adjacent to an activating group) is 1. The highest BCUT2D eigenvalue weighted by Crippen LogP contribution is 2.38.